The van der Waals surface area contributed by atoms with Crippen molar-refractivity contribution in [1.29, 1.82) is 0 Å². The molecule has 0 aliphatic carbocycles. The van der Waals surface area contributed by atoms with Crippen LogP contribution in [0.15, 0.2) is 29.2 Å². The second-order valence-corrected chi connectivity index (χ2v) is 10.5. The largest absolute Gasteiger partial charge is 0.354 e. The summed E-state index contributed by atoms with van der Waals surface area (Å²) in [5, 5.41) is 0.465. The second kappa shape index (κ2) is 8.90. The monoisotopic (exact) mass is 464 g/mol. The van der Waals surface area contributed by atoms with Crippen LogP contribution in [-0.2, 0) is 10.0 Å². The van der Waals surface area contributed by atoms with E-state index in [2.05, 4.69) is 31.7 Å². The summed E-state index contributed by atoms with van der Waals surface area (Å²) in [5.74, 6) is 2.54. The lowest BCUT2D eigenvalue weighted by atomic mass is 10.2. The van der Waals surface area contributed by atoms with Crippen molar-refractivity contribution >= 4 is 33.3 Å². The standard InChI is InChI=1S/C21H29ClN6O2S/c1-16-18(22)5-4-6-19(16)31(29,30)28-13-11-27(12-14-28)21-15-20(23-17(2)24-21)26-9-7-25(3)8-10-26/h4-6,15H,7-14H2,1-3H3. The van der Waals surface area contributed by atoms with Gasteiger partial charge < -0.3 is 14.7 Å². The highest BCUT2D eigenvalue weighted by Gasteiger charge is 2.31. The van der Waals surface area contributed by atoms with Crippen molar-refractivity contribution in [3.63, 3.8) is 0 Å². The summed E-state index contributed by atoms with van der Waals surface area (Å²) >= 11 is 6.15. The Bertz CT molecular complexity index is 1050. The highest BCUT2D eigenvalue weighted by Crippen LogP contribution is 2.27. The van der Waals surface area contributed by atoms with Gasteiger partial charge in [-0.05, 0) is 38.6 Å². The Hall–Kier alpha value is -1.94. The van der Waals surface area contributed by atoms with Crippen molar-refractivity contribution in [3.05, 3.63) is 40.7 Å². The average molecular weight is 465 g/mol. The van der Waals surface area contributed by atoms with Crippen molar-refractivity contribution in [2.24, 2.45) is 0 Å². The maximum absolute atomic E-state index is 13.2. The molecule has 3 heterocycles. The SMILES string of the molecule is Cc1nc(N2CCN(C)CC2)cc(N2CCN(S(=O)(=O)c3cccc(Cl)c3C)CC2)n1. The Kier molecular flexibility index (Phi) is 6.39. The number of likely N-dealkylation sites (N-methyl/N-ethyl adjacent to an activating group) is 1. The van der Waals surface area contributed by atoms with E-state index in [0.717, 1.165) is 43.6 Å². The number of benzene rings is 1. The van der Waals surface area contributed by atoms with Gasteiger partial charge >= 0.3 is 0 Å². The number of aryl methyl sites for hydroxylation is 1. The molecule has 2 aromatic rings. The van der Waals surface area contributed by atoms with E-state index >= 15 is 0 Å². The van der Waals surface area contributed by atoms with Crippen molar-refractivity contribution in [2.45, 2.75) is 18.7 Å². The van der Waals surface area contributed by atoms with Crippen molar-refractivity contribution in [3.8, 4) is 0 Å². The zero-order valence-electron chi connectivity index (χ0n) is 18.3. The molecule has 8 nitrogen and oxygen atoms in total. The molecule has 1 aromatic carbocycles. The van der Waals surface area contributed by atoms with Gasteiger partial charge in [-0.15, -0.1) is 0 Å². The molecule has 0 saturated carbocycles. The van der Waals surface area contributed by atoms with Gasteiger partial charge in [0.25, 0.3) is 0 Å². The third kappa shape index (κ3) is 4.64. The molecule has 2 saturated heterocycles. The lowest BCUT2D eigenvalue weighted by Gasteiger charge is -2.36. The van der Waals surface area contributed by atoms with E-state index < -0.39 is 10.0 Å². The number of sulfonamides is 1. The van der Waals surface area contributed by atoms with E-state index in [0.29, 0.717) is 36.8 Å². The van der Waals surface area contributed by atoms with Crippen LogP contribution in [0.2, 0.25) is 5.02 Å². The molecule has 0 spiro atoms. The van der Waals surface area contributed by atoms with Gasteiger partial charge in [0.05, 0.1) is 4.90 Å². The number of halogens is 1. The summed E-state index contributed by atoms with van der Waals surface area (Å²) in [6.45, 7) is 9.53. The summed E-state index contributed by atoms with van der Waals surface area (Å²) in [5.41, 5.74) is 0.592. The fourth-order valence-electron chi connectivity index (χ4n) is 4.06. The first kappa shape index (κ1) is 22.3. The Balaban J connectivity index is 1.48. The van der Waals surface area contributed by atoms with Crippen LogP contribution in [0.25, 0.3) is 0 Å². The minimum absolute atomic E-state index is 0.281. The molecule has 2 aliphatic heterocycles. The third-order valence-corrected chi connectivity index (χ3v) is 8.49. The Morgan fingerprint density at radius 2 is 1.42 bits per heavy atom. The molecule has 0 radical (unpaired) electrons. The molecule has 0 atom stereocenters. The predicted molar refractivity (Wildman–Crippen MR) is 124 cm³/mol. The summed E-state index contributed by atoms with van der Waals surface area (Å²) in [6.07, 6.45) is 0. The molecule has 4 rings (SSSR count). The molecule has 0 N–H and O–H groups in total. The minimum Gasteiger partial charge on any atom is -0.354 e. The number of hydrogen-bond acceptors (Lipinski definition) is 7. The van der Waals surface area contributed by atoms with Crippen LogP contribution in [0.4, 0.5) is 11.6 Å². The van der Waals surface area contributed by atoms with Crippen LogP contribution in [0, 0.1) is 13.8 Å². The van der Waals surface area contributed by atoms with Crippen LogP contribution < -0.4 is 9.80 Å². The van der Waals surface area contributed by atoms with E-state index in [4.69, 9.17) is 11.6 Å². The van der Waals surface area contributed by atoms with Crippen LogP contribution in [0.1, 0.15) is 11.4 Å². The number of piperazine rings is 2. The molecule has 0 amide bonds. The zero-order chi connectivity index (χ0) is 22.2. The summed E-state index contributed by atoms with van der Waals surface area (Å²) in [4.78, 5) is 16.3. The average Bonchev–Trinajstić information content (AvgIpc) is 2.75. The highest BCUT2D eigenvalue weighted by molar-refractivity contribution is 7.89. The number of rotatable bonds is 4. The second-order valence-electron chi connectivity index (χ2n) is 8.18. The van der Waals surface area contributed by atoms with Gasteiger partial charge in [-0.1, -0.05) is 17.7 Å². The molecule has 2 aliphatic rings. The minimum atomic E-state index is -3.58. The molecular formula is C21H29ClN6O2S. The fourth-order valence-corrected chi connectivity index (χ4v) is 5.96. The first-order valence-electron chi connectivity index (χ1n) is 10.5. The van der Waals surface area contributed by atoms with Crippen LogP contribution in [-0.4, -0.2) is 87.0 Å². The zero-order valence-corrected chi connectivity index (χ0v) is 19.8. The number of hydrogen-bond donors (Lipinski definition) is 0. The summed E-state index contributed by atoms with van der Waals surface area (Å²) in [7, 11) is -1.45. The first-order valence-corrected chi connectivity index (χ1v) is 12.4. The van der Waals surface area contributed by atoms with Crippen LogP contribution in [0.3, 0.4) is 0 Å². The smallest absolute Gasteiger partial charge is 0.243 e. The maximum atomic E-state index is 13.2. The van der Waals surface area contributed by atoms with E-state index in [1.54, 1.807) is 25.1 Å². The molecule has 0 unspecified atom stereocenters. The van der Waals surface area contributed by atoms with Gasteiger partial charge in [-0.3, -0.25) is 0 Å². The normalized spacial score (nSPS) is 19.1. The quantitative estimate of drug-likeness (QED) is 0.685. The molecule has 2 fully saturated rings. The van der Waals surface area contributed by atoms with E-state index in [1.807, 2.05) is 13.0 Å². The first-order chi connectivity index (χ1) is 14.8. The lowest BCUT2D eigenvalue weighted by Crippen LogP contribution is -2.49. The van der Waals surface area contributed by atoms with Crippen molar-refractivity contribution < 1.29 is 8.42 Å². The van der Waals surface area contributed by atoms with Gasteiger partial charge in [-0.25, -0.2) is 18.4 Å². The molecule has 168 valence electrons. The predicted octanol–water partition coefficient (Wildman–Crippen LogP) is 2.01. The van der Waals surface area contributed by atoms with Gasteiger partial charge in [-0.2, -0.15) is 4.31 Å². The number of aromatic nitrogens is 2. The van der Waals surface area contributed by atoms with Crippen LogP contribution >= 0.6 is 11.6 Å². The van der Waals surface area contributed by atoms with Crippen molar-refractivity contribution in [2.75, 3.05) is 69.2 Å². The van der Waals surface area contributed by atoms with Crippen molar-refractivity contribution in [1.82, 2.24) is 19.2 Å². The third-order valence-electron chi connectivity index (χ3n) is 6.04. The Morgan fingerprint density at radius 3 is 2.00 bits per heavy atom. The topological polar surface area (TPSA) is 72.9 Å². The summed E-state index contributed by atoms with van der Waals surface area (Å²) in [6, 6.07) is 7.05. The van der Waals surface area contributed by atoms with Gasteiger partial charge in [0.2, 0.25) is 10.0 Å². The highest BCUT2D eigenvalue weighted by atomic mass is 35.5. The number of anilines is 2. The van der Waals surface area contributed by atoms with Crippen LogP contribution in [0.5, 0.6) is 0 Å². The molecule has 10 heteroatoms. The maximum Gasteiger partial charge on any atom is 0.243 e. The summed E-state index contributed by atoms with van der Waals surface area (Å²) < 4.78 is 27.9. The van der Waals surface area contributed by atoms with E-state index in [9.17, 15) is 8.42 Å². The Morgan fingerprint density at radius 1 is 0.871 bits per heavy atom. The van der Waals surface area contributed by atoms with E-state index in [-0.39, 0.29) is 4.90 Å². The molecule has 0 bridgehead atoms. The lowest BCUT2D eigenvalue weighted by molar-refractivity contribution is 0.312. The fraction of sp³-hybridized carbons (Fsp3) is 0.524. The Labute approximate surface area is 189 Å². The van der Waals surface area contributed by atoms with Gasteiger partial charge in [0, 0.05) is 63.4 Å². The van der Waals surface area contributed by atoms with E-state index in [1.165, 1.54) is 4.31 Å². The molecular weight excluding hydrogens is 436 g/mol. The van der Waals surface area contributed by atoms with Gasteiger partial charge in [0.1, 0.15) is 17.5 Å². The van der Waals surface area contributed by atoms with Gasteiger partial charge in [0.15, 0.2) is 0 Å². The molecule has 31 heavy (non-hydrogen) atoms. The molecule has 1 aromatic heterocycles. The number of nitrogens with zero attached hydrogens (tertiary/aromatic N) is 6.